The molecule has 4 heteroatoms. The fraction of sp³-hybridized carbons (Fsp3) is 0.700. The fourth-order valence-electron chi connectivity index (χ4n) is 1.54. The fourth-order valence-corrected chi connectivity index (χ4v) is 1.54. The van der Waals surface area contributed by atoms with Crippen molar-refractivity contribution in [1.82, 2.24) is 9.55 Å². The van der Waals surface area contributed by atoms with Gasteiger partial charge in [0.2, 0.25) is 5.95 Å². The Morgan fingerprint density at radius 1 is 1.57 bits per heavy atom. The second-order valence-corrected chi connectivity index (χ2v) is 3.80. The maximum atomic E-state index is 5.73. The molecule has 0 saturated heterocycles. The van der Waals surface area contributed by atoms with E-state index in [0.717, 1.165) is 18.9 Å². The Morgan fingerprint density at radius 2 is 2.29 bits per heavy atom. The molecule has 0 aromatic carbocycles. The Kier molecular flexibility index (Phi) is 3.95. The predicted molar refractivity (Wildman–Crippen MR) is 59.3 cm³/mol. The van der Waals surface area contributed by atoms with Crippen LogP contribution in [0.2, 0.25) is 0 Å². The molecule has 80 valence electrons. The third kappa shape index (κ3) is 3.03. The van der Waals surface area contributed by atoms with Gasteiger partial charge in [-0.15, -0.1) is 0 Å². The molecule has 1 heterocycles. The molecular weight excluding hydrogens is 176 g/mol. The Hall–Kier alpha value is -1.03. The Bertz CT molecular complexity index is 267. The molecule has 0 bridgehead atoms. The van der Waals surface area contributed by atoms with Crippen molar-refractivity contribution >= 4 is 5.95 Å². The smallest absolute Gasteiger partial charge is 0.202 e. The summed E-state index contributed by atoms with van der Waals surface area (Å²) in [5, 5.41) is 3.34. The van der Waals surface area contributed by atoms with Crippen molar-refractivity contribution in [3.63, 3.8) is 0 Å². The van der Waals surface area contributed by atoms with Crippen LogP contribution in [0.5, 0.6) is 0 Å². The number of imidazole rings is 1. The Labute approximate surface area is 85.5 Å². The second-order valence-electron chi connectivity index (χ2n) is 3.80. The van der Waals surface area contributed by atoms with Crippen molar-refractivity contribution < 1.29 is 0 Å². The number of nitrogens with one attached hydrogen (secondary N) is 1. The van der Waals surface area contributed by atoms with Crippen LogP contribution in [0.25, 0.3) is 0 Å². The molecule has 14 heavy (non-hydrogen) atoms. The van der Waals surface area contributed by atoms with Crippen LogP contribution in [0.15, 0.2) is 12.4 Å². The summed E-state index contributed by atoms with van der Waals surface area (Å²) in [5.41, 5.74) is 5.73. The number of nitrogens with two attached hydrogens (primary N) is 1. The zero-order chi connectivity index (χ0) is 10.6. The van der Waals surface area contributed by atoms with E-state index in [9.17, 15) is 0 Å². The van der Waals surface area contributed by atoms with Gasteiger partial charge in [-0.1, -0.05) is 0 Å². The van der Waals surface area contributed by atoms with Crippen LogP contribution in [0.1, 0.15) is 27.2 Å². The summed E-state index contributed by atoms with van der Waals surface area (Å²) in [5.74, 6) is 0.931. The molecule has 1 aromatic heterocycles. The molecule has 0 fully saturated rings. The second kappa shape index (κ2) is 5.00. The van der Waals surface area contributed by atoms with Crippen molar-refractivity contribution in [2.24, 2.45) is 5.73 Å². The largest absolute Gasteiger partial charge is 0.353 e. The van der Waals surface area contributed by atoms with Gasteiger partial charge in [-0.2, -0.15) is 0 Å². The van der Waals surface area contributed by atoms with E-state index < -0.39 is 0 Å². The van der Waals surface area contributed by atoms with Crippen LogP contribution in [0, 0.1) is 0 Å². The molecule has 0 amide bonds. The lowest BCUT2D eigenvalue weighted by Crippen LogP contribution is -2.27. The van der Waals surface area contributed by atoms with Gasteiger partial charge in [0.25, 0.3) is 0 Å². The topological polar surface area (TPSA) is 55.9 Å². The summed E-state index contributed by atoms with van der Waals surface area (Å²) in [6, 6.07) is 0.588. The van der Waals surface area contributed by atoms with Crippen LogP contribution in [-0.4, -0.2) is 21.6 Å². The maximum Gasteiger partial charge on any atom is 0.202 e. The molecular formula is C10H20N4. The van der Waals surface area contributed by atoms with Gasteiger partial charge in [-0.3, -0.25) is 0 Å². The first kappa shape index (κ1) is 11.0. The van der Waals surface area contributed by atoms with E-state index in [2.05, 4.69) is 28.7 Å². The van der Waals surface area contributed by atoms with Gasteiger partial charge in [0.1, 0.15) is 0 Å². The molecule has 0 saturated carbocycles. The lowest BCUT2D eigenvalue weighted by Gasteiger charge is -2.17. The van der Waals surface area contributed by atoms with Gasteiger partial charge in [0.05, 0.1) is 0 Å². The van der Waals surface area contributed by atoms with E-state index in [-0.39, 0.29) is 6.04 Å². The van der Waals surface area contributed by atoms with Crippen molar-refractivity contribution in [3.8, 4) is 0 Å². The van der Waals surface area contributed by atoms with Gasteiger partial charge in [-0.05, 0) is 27.2 Å². The van der Waals surface area contributed by atoms with Gasteiger partial charge in [0, 0.05) is 31.0 Å². The SMILES string of the molecule is CCn1ccnc1NC(C)CC(C)N. The summed E-state index contributed by atoms with van der Waals surface area (Å²) in [4.78, 5) is 4.25. The quantitative estimate of drug-likeness (QED) is 0.749. The molecule has 0 aliphatic rings. The first-order valence-electron chi connectivity index (χ1n) is 5.16. The summed E-state index contributed by atoms with van der Waals surface area (Å²) in [6.45, 7) is 7.18. The van der Waals surface area contributed by atoms with E-state index in [1.807, 2.05) is 19.3 Å². The third-order valence-corrected chi connectivity index (χ3v) is 2.16. The lowest BCUT2D eigenvalue weighted by atomic mass is 10.1. The highest BCUT2D eigenvalue weighted by atomic mass is 15.2. The zero-order valence-corrected chi connectivity index (χ0v) is 9.20. The Balaban J connectivity index is 2.51. The molecule has 3 N–H and O–H groups in total. The minimum atomic E-state index is 0.225. The first-order chi connectivity index (χ1) is 6.63. The summed E-state index contributed by atoms with van der Waals surface area (Å²) < 4.78 is 2.08. The molecule has 1 rings (SSSR count). The van der Waals surface area contributed by atoms with Gasteiger partial charge in [-0.25, -0.2) is 4.98 Å². The van der Waals surface area contributed by atoms with Crippen molar-refractivity contribution in [2.75, 3.05) is 5.32 Å². The predicted octanol–water partition coefficient (Wildman–Crippen LogP) is 1.44. The zero-order valence-electron chi connectivity index (χ0n) is 9.20. The van der Waals surface area contributed by atoms with Gasteiger partial charge < -0.3 is 15.6 Å². The van der Waals surface area contributed by atoms with Crippen molar-refractivity contribution in [3.05, 3.63) is 12.4 Å². The van der Waals surface area contributed by atoms with E-state index in [4.69, 9.17) is 5.73 Å². The average molecular weight is 196 g/mol. The summed E-state index contributed by atoms with van der Waals surface area (Å²) in [7, 11) is 0. The third-order valence-electron chi connectivity index (χ3n) is 2.16. The Morgan fingerprint density at radius 3 is 2.86 bits per heavy atom. The van der Waals surface area contributed by atoms with Crippen LogP contribution in [0.3, 0.4) is 0 Å². The van der Waals surface area contributed by atoms with Crippen LogP contribution in [-0.2, 0) is 6.54 Å². The van der Waals surface area contributed by atoms with Gasteiger partial charge in [0.15, 0.2) is 0 Å². The minimum absolute atomic E-state index is 0.225. The molecule has 4 nitrogen and oxygen atoms in total. The summed E-state index contributed by atoms with van der Waals surface area (Å²) in [6.07, 6.45) is 4.74. The monoisotopic (exact) mass is 196 g/mol. The number of rotatable bonds is 5. The molecule has 0 radical (unpaired) electrons. The van der Waals surface area contributed by atoms with Crippen molar-refractivity contribution in [1.29, 1.82) is 0 Å². The van der Waals surface area contributed by atoms with Gasteiger partial charge >= 0.3 is 0 Å². The molecule has 1 aromatic rings. The maximum absolute atomic E-state index is 5.73. The van der Waals surface area contributed by atoms with Crippen LogP contribution in [0.4, 0.5) is 5.95 Å². The number of aromatic nitrogens is 2. The highest BCUT2D eigenvalue weighted by Gasteiger charge is 2.07. The molecule has 2 atom stereocenters. The minimum Gasteiger partial charge on any atom is -0.353 e. The average Bonchev–Trinajstić information content (AvgIpc) is 2.50. The molecule has 0 aliphatic heterocycles. The normalized spacial score (nSPS) is 15.1. The van der Waals surface area contributed by atoms with E-state index in [1.54, 1.807) is 0 Å². The first-order valence-corrected chi connectivity index (χ1v) is 5.16. The van der Waals surface area contributed by atoms with E-state index in [1.165, 1.54) is 0 Å². The van der Waals surface area contributed by atoms with Crippen molar-refractivity contribution in [2.45, 2.75) is 45.8 Å². The highest BCUT2D eigenvalue weighted by Crippen LogP contribution is 2.07. The highest BCUT2D eigenvalue weighted by molar-refractivity contribution is 5.27. The molecule has 0 aliphatic carbocycles. The lowest BCUT2D eigenvalue weighted by molar-refractivity contribution is 0.596. The number of hydrogen-bond acceptors (Lipinski definition) is 3. The number of aryl methyl sites for hydroxylation is 1. The molecule has 0 spiro atoms. The number of nitrogens with zero attached hydrogens (tertiary/aromatic N) is 2. The van der Waals surface area contributed by atoms with Crippen LogP contribution < -0.4 is 11.1 Å². The van der Waals surface area contributed by atoms with E-state index in [0.29, 0.717) is 6.04 Å². The molecule has 2 unspecified atom stereocenters. The summed E-state index contributed by atoms with van der Waals surface area (Å²) >= 11 is 0. The van der Waals surface area contributed by atoms with Crippen LogP contribution >= 0.6 is 0 Å². The number of hydrogen-bond donors (Lipinski definition) is 2. The van der Waals surface area contributed by atoms with E-state index >= 15 is 0 Å². The standard InChI is InChI=1S/C10H20N4/c1-4-14-6-5-12-10(14)13-9(3)7-8(2)11/h5-6,8-9H,4,7,11H2,1-3H3,(H,12,13). The number of anilines is 1.